The highest BCUT2D eigenvalue weighted by Crippen LogP contribution is 2.43. The molecule has 166 valence electrons. The molecule has 0 radical (unpaired) electrons. The summed E-state index contributed by atoms with van der Waals surface area (Å²) < 4.78 is 54.4. The highest BCUT2D eigenvalue weighted by atomic mass is 32.2. The molecule has 0 amide bonds. The number of fused-ring (bicyclic) bond motifs is 4. The Bertz CT molecular complexity index is 1490. The summed E-state index contributed by atoms with van der Waals surface area (Å²) in [6.45, 7) is 1.95. The smallest absolute Gasteiger partial charge is 0.270 e. The number of thiazole rings is 1. The predicted octanol–water partition coefficient (Wildman–Crippen LogP) is 3.64. The van der Waals surface area contributed by atoms with E-state index in [1.54, 1.807) is 6.20 Å². The fraction of sp³-hybridized carbons (Fsp3) is 0.286. The molecule has 3 heterocycles. The van der Waals surface area contributed by atoms with Crippen molar-refractivity contribution in [1.29, 1.82) is 0 Å². The van der Waals surface area contributed by atoms with E-state index in [0.29, 0.717) is 33.0 Å². The zero-order valence-electron chi connectivity index (χ0n) is 17.4. The lowest BCUT2D eigenvalue weighted by atomic mass is 10.1. The summed E-state index contributed by atoms with van der Waals surface area (Å²) in [6, 6.07) is 5.18. The Labute approximate surface area is 187 Å². The van der Waals surface area contributed by atoms with Gasteiger partial charge in [0.2, 0.25) is 5.88 Å². The number of benzene rings is 2. The first-order valence-electron chi connectivity index (χ1n) is 9.66. The van der Waals surface area contributed by atoms with Gasteiger partial charge in [0.15, 0.2) is 11.6 Å². The highest BCUT2D eigenvalue weighted by Gasteiger charge is 2.33. The summed E-state index contributed by atoms with van der Waals surface area (Å²) in [5.74, 6) is -0.444. The molecule has 0 aliphatic carbocycles. The number of rotatable bonds is 5. The molecule has 2 aromatic heterocycles. The maximum Gasteiger partial charge on any atom is 0.270 e. The molecule has 32 heavy (non-hydrogen) atoms. The number of ether oxygens (including phenoxy) is 2. The lowest BCUT2D eigenvalue weighted by Gasteiger charge is -2.09. The lowest BCUT2D eigenvalue weighted by molar-refractivity contribution is 0.241. The standard InChI is InChI=1S/C21H18FN3O5S2/c1-10-4-12(18-15(5-10)24-17(28-2)8-23-18)21-25-16-7-14(22)19-13(20(16)31-21)6-11(30-19)9-32(26,27)29-3/h4-5,7-8,11H,6,9H2,1-3H3/t11-/m0/s1. The zero-order chi connectivity index (χ0) is 22.6. The number of aromatic nitrogens is 3. The van der Waals surface area contributed by atoms with Crippen molar-refractivity contribution in [3.63, 3.8) is 0 Å². The van der Waals surface area contributed by atoms with Gasteiger partial charge in [-0.2, -0.15) is 8.42 Å². The number of halogens is 1. The minimum atomic E-state index is -3.74. The number of hydrogen-bond donors (Lipinski definition) is 0. The first kappa shape index (κ1) is 21.0. The summed E-state index contributed by atoms with van der Waals surface area (Å²) in [5, 5.41) is 0.661. The van der Waals surface area contributed by atoms with Crippen LogP contribution < -0.4 is 9.47 Å². The van der Waals surface area contributed by atoms with Crippen molar-refractivity contribution in [1.82, 2.24) is 15.0 Å². The molecule has 0 spiro atoms. The van der Waals surface area contributed by atoms with Crippen LogP contribution in [0.1, 0.15) is 11.1 Å². The van der Waals surface area contributed by atoms with Gasteiger partial charge in [-0.05, 0) is 24.6 Å². The minimum Gasteiger partial charge on any atom is -0.485 e. The van der Waals surface area contributed by atoms with Gasteiger partial charge in [-0.15, -0.1) is 11.3 Å². The van der Waals surface area contributed by atoms with Crippen LogP contribution in [0.3, 0.4) is 0 Å². The van der Waals surface area contributed by atoms with Crippen molar-refractivity contribution in [3.05, 3.63) is 41.3 Å². The fourth-order valence-corrected chi connectivity index (χ4v) is 5.73. The molecule has 0 fully saturated rings. The predicted molar refractivity (Wildman–Crippen MR) is 118 cm³/mol. The van der Waals surface area contributed by atoms with Crippen molar-refractivity contribution in [2.45, 2.75) is 19.4 Å². The molecule has 1 aliphatic rings. The summed E-state index contributed by atoms with van der Waals surface area (Å²) in [7, 11) is -1.12. The largest absolute Gasteiger partial charge is 0.485 e. The van der Waals surface area contributed by atoms with Gasteiger partial charge in [0.05, 0.1) is 41.7 Å². The molecule has 0 saturated carbocycles. The molecule has 5 rings (SSSR count). The number of hydrogen-bond acceptors (Lipinski definition) is 9. The van der Waals surface area contributed by atoms with Gasteiger partial charge in [0.25, 0.3) is 10.1 Å². The number of nitrogens with zero attached hydrogens (tertiary/aromatic N) is 3. The molecule has 0 saturated heterocycles. The van der Waals surface area contributed by atoms with Crippen molar-refractivity contribution in [3.8, 4) is 22.2 Å². The van der Waals surface area contributed by atoms with Crippen molar-refractivity contribution >= 4 is 42.7 Å². The van der Waals surface area contributed by atoms with Crippen LogP contribution in [0.4, 0.5) is 4.39 Å². The molecule has 1 atom stereocenters. The Morgan fingerprint density at radius 2 is 2.03 bits per heavy atom. The van der Waals surface area contributed by atoms with Crippen LogP contribution in [-0.2, 0) is 20.7 Å². The van der Waals surface area contributed by atoms with Crippen molar-refractivity contribution in [2.24, 2.45) is 0 Å². The average Bonchev–Trinajstić information content (AvgIpc) is 3.36. The van der Waals surface area contributed by atoms with Crippen LogP contribution in [0.25, 0.3) is 31.8 Å². The molecule has 1 aliphatic heterocycles. The van der Waals surface area contributed by atoms with Gasteiger partial charge in [0, 0.05) is 23.6 Å². The van der Waals surface area contributed by atoms with Crippen molar-refractivity contribution in [2.75, 3.05) is 20.0 Å². The van der Waals surface area contributed by atoms with Crippen LogP contribution >= 0.6 is 11.3 Å². The molecule has 11 heteroatoms. The summed E-state index contributed by atoms with van der Waals surface area (Å²) in [5.41, 5.74) is 4.18. The fourth-order valence-electron chi connectivity index (χ4n) is 3.84. The van der Waals surface area contributed by atoms with E-state index in [9.17, 15) is 12.8 Å². The monoisotopic (exact) mass is 475 g/mol. The van der Waals surface area contributed by atoms with Gasteiger partial charge in [-0.25, -0.2) is 19.3 Å². The maximum atomic E-state index is 14.7. The van der Waals surface area contributed by atoms with Crippen molar-refractivity contribution < 1.29 is 26.5 Å². The summed E-state index contributed by atoms with van der Waals surface area (Å²) in [4.78, 5) is 13.6. The average molecular weight is 476 g/mol. The third kappa shape index (κ3) is 3.55. The maximum absolute atomic E-state index is 14.7. The van der Waals surface area contributed by atoms with E-state index in [2.05, 4.69) is 19.1 Å². The van der Waals surface area contributed by atoms with E-state index >= 15 is 0 Å². The molecule has 8 nitrogen and oxygen atoms in total. The molecule has 2 aromatic carbocycles. The normalized spacial score (nSPS) is 15.8. The van der Waals surface area contributed by atoms with E-state index in [1.807, 2.05) is 19.1 Å². The van der Waals surface area contributed by atoms with E-state index in [0.717, 1.165) is 22.9 Å². The molecule has 4 aromatic rings. The summed E-state index contributed by atoms with van der Waals surface area (Å²) in [6.07, 6.45) is 1.07. The van der Waals surface area contributed by atoms with E-state index in [1.165, 1.54) is 24.5 Å². The Morgan fingerprint density at radius 1 is 1.22 bits per heavy atom. The Hall–Kier alpha value is -2.89. The number of methoxy groups -OCH3 is 1. The summed E-state index contributed by atoms with van der Waals surface area (Å²) >= 11 is 1.39. The Balaban J connectivity index is 1.62. The molecule has 0 N–H and O–H groups in total. The number of aryl methyl sites for hydroxylation is 1. The van der Waals surface area contributed by atoms with Gasteiger partial charge >= 0.3 is 0 Å². The van der Waals surface area contributed by atoms with E-state index in [4.69, 9.17) is 9.47 Å². The second-order valence-electron chi connectivity index (χ2n) is 7.46. The van der Waals surface area contributed by atoms with Crippen LogP contribution in [0, 0.1) is 12.7 Å². The van der Waals surface area contributed by atoms with Crippen LogP contribution in [0.5, 0.6) is 11.6 Å². The van der Waals surface area contributed by atoms with Gasteiger partial charge in [-0.3, -0.25) is 4.18 Å². The molecular formula is C21H18FN3O5S2. The quantitative estimate of drug-likeness (QED) is 0.403. The second-order valence-corrected chi connectivity index (χ2v) is 10.2. The minimum absolute atomic E-state index is 0.0719. The van der Waals surface area contributed by atoms with Gasteiger partial charge < -0.3 is 9.47 Å². The molecular weight excluding hydrogens is 457 g/mol. The lowest BCUT2D eigenvalue weighted by Crippen LogP contribution is -2.25. The Morgan fingerprint density at radius 3 is 2.78 bits per heavy atom. The topological polar surface area (TPSA) is 101 Å². The molecule has 0 unspecified atom stereocenters. The van der Waals surface area contributed by atoms with Crippen LogP contribution in [0.15, 0.2) is 24.4 Å². The van der Waals surface area contributed by atoms with E-state index in [-0.39, 0.29) is 17.9 Å². The third-order valence-corrected chi connectivity index (χ3v) is 7.70. The van der Waals surface area contributed by atoms with E-state index < -0.39 is 22.0 Å². The third-order valence-electron chi connectivity index (χ3n) is 5.25. The second kappa shape index (κ2) is 7.61. The first-order chi connectivity index (χ1) is 15.3. The SMILES string of the molecule is COc1cnc2c(-c3nc4cc(F)c5c(c4s3)C[C@@H](CS(=O)(=O)OC)O5)cc(C)cc2n1. The van der Waals surface area contributed by atoms with Gasteiger partial charge in [-0.1, -0.05) is 0 Å². The highest BCUT2D eigenvalue weighted by molar-refractivity contribution is 7.86. The first-order valence-corrected chi connectivity index (χ1v) is 12.1. The van der Waals surface area contributed by atoms with Crippen LogP contribution in [0.2, 0.25) is 0 Å². The molecule has 0 bridgehead atoms. The zero-order valence-corrected chi connectivity index (χ0v) is 19.0. The Kier molecular flexibility index (Phi) is 4.99. The van der Waals surface area contributed by atoms with Gasteiger partial charge in [0.1, 0.15) is 16.9 Å². The van der Waals surface area contributed by atoms with Crippen LogP contribution in [-0.4, -0.2) is 49.4 Å².